The van der Waals surface area contributed by atoms with Gasteiger partial charge in [0.15, 0.2) is 11.5 Å². The van der Waals surface area contributed by atoms with Gasteiger partial charge in [-0.1, -0.05) is 19.9 Å². The average Bonchev–Trinajstić information content (AvgIpc) is 2.22. The highest BCUT2D eigenvalue weighted by atomic mass is 16.5. The molecule has 0 aliphatic heterocycles. The molecule has 0 aliphatic carbocycles. The van der Waals surface area contributed by atoms with Crippen LogP contribution in [0.15, 0.2) is 18.2 Å². The third-order valence-corrected chi connectivity index (χ3v) is 2.29. The van der Waals surface area contributed by atoms with Crippen LogP contribution in [0, 0.1) is 0 Å². The number of hydrogen-bond donors (Lipinski definition) is 2. The lowest BCUT2D eigenvalue weighted by atomic mass is 10.1. The lowest BCUT2D eigenvalue weighted by molar-refractivity contribution is 0.317. The number of phenolic OH excluding ortho intramolecular Hbond substituents is 1. The molecule has 0 atom stereocenters. The van der Waals surface area contributed by atoms with E-state index in [9.17, 15) is 5.11 Å². The standard InChI is InChI=1S/C13H21NO2/c1-4-16-13-9-11(5-6-12(13)15)7-8-14-10(2)3/h5-6,9-10,14-15H,4,7-8H2,1-3H3. The van der Waals surface area contributed by atoms with Crippen molar-refractivity contribution >= 4 is 0 Å². The van der Waals surface area contributed by atoms with E-state index in [2.05, 4.69) is 19.2 Å². The Balaban J connectivity index is 2.56. The van der Waals surface area contributed by atoms with E-state index in [1.807, 2.05) is 19.1 Å². The van der Waals surface area contributed by atoms with E-state index in [4.69, 9.17) is 4.74 Å². The summed E-state index contributed by atoms with van der Waals surface area (Å²) in [6, 6.07) is 6.03. The summed E-state index contributed by atoms with van der Waals surface area (Å²) < 4.78 is 5.33. The predicted octanol–water partition coefficient (Wildman–Crippen LogP) is 2.33. The SMILES string of the molecule is CCOc1cc(CCNC(C)C)ccc1O. The highest BCUT2D eigenvalue weighted by Gasteiger charge is 2.03. The van der Waals surface area contributed by atoms with Gasteiger partial charge in [0.05, 0.1) is 6.61 Å². The topological polar surface area (TPSA) is 41.5 Å². The van der Waals surface area contributed by atoms with Crippen molar-refractivity contribution in [3.8, 4) is 11.5 Å². The van der Waals surface area contributed by atoms with Crippen LogP contribution in [0.4, 0.5) is 0 Å². The maximum atomic E-state index is 9.54. The van der Waals surface area contributed by atoms with Crippen molar-refractivity contribution < 1.29 is 9.84 Å². The predicted molar refractivity (Wildman–Crippen MR) is 66.1 cm³/mol. The van der Waals surface area contributed by atoms with Gasteiger partial charge in [-0.3, -0.25) is 0 Å². The first-order chi connectivity index (χ1) is 7.63. The number of aromatic hydroxyl groups is 1. The van der Waals surface area contributed by atoms with E-state index >= 15 is 0 Å². The Labute approximate surface area is 97.4 Å². The van der Waals surface area contributed by atoms with Crippen molar-refractivity contribution in [1.29, 1.82) is 0 Å². The Bertz CT molecular complexity index is 324. The Kier molecular flexibility index (Phi) is 5.12. The normalized spacial score (nSPS) is 10.8. The number of nitrogens with one attached hydrogen (secondary N) is 1. The molecule has 1 aromatic rings. The summed E-state index contributed by atoms with van der Waals surface area (Å²) in [4.78, 5) is 0. The second-order valence-electron chi connectivity index (χ2n) is 4.09. The molecule has 0 aromatic heterocycles. The van der Waals surface area contributed by atoms with Gasteiger partial charge in [-0.15, -0.1) is 0 Å². The van der Waals surface area contributed by atoms with Crippen molar-refractivity contribution in [3.63, 3.8) is 0 Å². The number of hydrogen-bond acceptors (Lipinski definition) is 3. The number of phenols is 1. The first-order valence-electron chi connectivity index (χ1n) is 5.81. The van der Waals surface area contributed by atoms with Crippen molar-refractivity contribution in [2.24, 2.45) is 0 Å². The minimum absolute atomic E-state index is 0.211. The van der Waals surface area contributed by atoms with E-state index in [0.29, 0.717) is 18.4 Å². The first-order valence-corrected chi connectivity index (χ1v) is 5.81. The Morgan fingerprint density at radius 1 is 1.38 bits per heavy atom. The molecular weight excluding hydrogens is 202 g/mol. The summed E-state index contributed by atoms with van der Waals surface area (Å²) in [5, 5.41) is 12.9. The Morgan fingerprint density at radius 3 is 2.75 bits per heavy atom. The van der Waals surface area contributed by atoms with Gasteiger partial charge in [0.2, 0.25) is 0 Å². The molecule has 3 heteroatoms. The molecule has 1 rings (SSSR count). The summed E-state index contributed by atoms with van der Waals surface area (Å²) in [6.45, 7) is 7.67. The molecule has 2 N–H and O–H groups in total. The molecule has 0 bridgehead atoms. The summed E-state index contributed by atoms with van der Waals surface area (Å²) in [6.07, 6.45) is 0.943. The van der Waals surface area contributed by atoms with Gasteiger partial charge >= 0.3 is 0 Å². The van der Waals surface area contributed by atoms with Crippen LogP contribution in [-0.4, -0.2) is 24.3 Å². The Hall–Kier alpha value is -1.22. The Morgan fingerprint density at radius 2 is 2.12 bits per heavy atom. The van der Waals surface area contributed by atoms with Gasteiger partial charge in [-0.05, 0) is 37.6 Å². The zero-order valence-electron chi connectivity index (χ0n) is 10.3. The summed E-state index contributed by atoms with van der Waals surface area (Å²) in [5.74, 6) is 0.784. The number of ether oxygens (including phenoxy) is 1. The molecule has 0 heterocycles. The van der Waals surface area contributed by atoms with Crippen LogP contribution < -0.4 is 10.1 Å². The monoisotopic (exact) mass is 223 g/mol. The lowest BCUT2D eigenvalue weighted by Crippen LogP contribution is -2.24. The lowest BCUT2D eigenvalue weighted by Gasteiger charge is -2.10. The van der Waals surface area contributed by atoms with Crippen LogP contribution >= 0.6 is 0 Å². The van der Waals surface area contributed by atoms with Crippen LogP contribution in [0.1, 0.15) is 26.3 Å². The van der Waals surface area contributed by atoms with Gasteiger partial charge < -0.3 is 15.2 Å². The smallest absolute Gasteiger partial charge is 0.161 e. The zero-order valence-corrected chi connectivity index (χ0v) is 10.3. The van der Waals surface area contributed by atoms with Crippen LogP contribution in [-0.2, 0) is 6.42 Å². The van der Waals surface area contributed by atoms with Crippen molar-refractivity contribution in [3.05, 3.63) is 23.8 Å². The van der Waals surface area contributed by atoms with Gasteiger partial charge in [-0.25, -0.2) is 0 Å². The van der Waals surface area contributed by atoms with E-state index in [1.54, 1.807) is 6.07 Å². The van der Waals surface area contributed by atoms with E-state index in [-0.39, 0.29) is 5.75 Å². The highest BCUT2D eigenvalue weighted by Crippen LogP contribution is 2.26. The minimum atomic E-state index is 0.211. The van der Waals surface area contributed by atoms with E-state index in [0.717, 1.165) is 13.0 Å². The molecule has 0 amide bonds. The van der Waals surface area contributed by atoms with Crippen LogP contribution in [0.2, 0.25) is 0 Å². The van der Waals surface area contributed by atoms with Crippen LogP contribution in [0.5, 0.6) is 11.5 Å². The van der Waals surface area contributed by atoms with Crippen LogP contribution in [0.25, 0.3) is 0 Å². The molecule has 0 unspecified atom stereocenters. The quantitative estimate of drug-likeness (QED) is 0.777. The first kappa shape index (κ1) is 12.8. The van der Waals surface area contributed by atoms with Crippen molar-refractivity contribution in [2.45, 2.75) is 33.2 Å². The van der Waals surface area contributed by atoms with E-state index < -0.39 is 0 Å². The van der Waals surface area contributed by atoms with Crippen LogP contribution in [0.3, 0.4) is 0 Å². The van der Waals surface area contributed by atoms with Gasteiger partial charge in [0.25, 0.3) is 0 Å². The van der Waals surface area contributed by atoms with Crippen molar-refractivity contribution in [2.75, 3.05) is 13.2 Å². The molecule has 0 radical (unpaired) electrons. The molecule has 0 saturated heterocycles. The maximum Gasteiger partial charge on any atom is 0.161 e. The summed E-state index contributed by atoms with van der Waals surface area (Å²) in [5.41, 5.74) is 1.18. The molecule has 90 valence electrons. The fraction of sp³-hybridized carbons (Fsp3) is 0.538. The molecule has 3 nitrogen and oxygen atoms in total. The molecule has 16 heavy (non-hydrogen) atoms. The second-order valence-corrected chi connectivity index (χ2v) is 4.09. The largest absolute Gasteiger partial charge is 0.504 e. The summed E-state index contributed by atoms with van der Waals surface area (Å²) in [7, 11) is 0. The van der Waals surface area contributed by atoms with Gasteiger partial charge in [-0.2, -0.15) is 0 Å². The maximum absolute atomic E-state index is 9.54. The minimum Gasteiger partial charge on any atom is -0.504 e. The molecular formula is C13H21NO2. The third kappa shape index (κ3) is 4.11. The fourth-order valence-electron chi connectivity index (χ4n) is 1.49. The summed E-state index contributed by atoms with van der Waals surface area (Å²) >= 11 is 0. The number of rotatable bonds is 6. The highest BCUT2D eigenvalue weighted by molar-refractivity contribution is 5.41. The van der Waals surface area contributed by atoms with E-state index in [1.165, 1.54) is 5.56 Å². The molecule has 1 aromatic carbocycles. The molecule has 0 aliphatic rings. The van der Waals surface area contributed by atoms with Crippen molar-refractivity contribution in [1.82, 2.24) is 5.32 Å². The van der Waals surface area contributed by atoms with Gasteiger partial charge in [0.1, 0.15) is 0 Å². The third-order valence-electron chi connectivity index (χ3n) is 2.29. The second kappa shape index (κ2) is 6.38. The zero-order chi connectivity index (χ0) is 12.0. The molecule has 0 saturated carbocycles. The van der Waals surface area contributed by atoms with Gasteiger partial charge in [0, 0.05) is 6.04 Å². The fourth-order valence-corrected chi connectivity index (χ4v) is 1.49. The molecule has 0 spiro atoms. The average molecular weight is 223 g/mol. The molecule has 0 fully saturated rings. The number of benzene rings is 1.